The average Bonchev–Trinajstić information content (AvgIpc) is 3.09. The van der Waals surface area contributed by atoms with Gasteiger partial charge in [-0.1, -0.05) is 0 Å². The summed E-state index contributed by atoms with van der Waals surface area (Å²) in [5.74, 6) is 0.574. The van der Waals surface area contributed by atoms with Crippen LogP contribution in [0.25, 0.3) is 0 Å². The number of halogens is 3. The van der Waals surface area contributed by atoms with Crippen molar-refractivity contribution in [2.24, 2.45) is 5.92 Å². The van der Waals surface area contributed by atoms with E-state index in [0.717, 1.165) is 32.0 Å². The molecule has 0 bridgehead atoms. The number of alkyl halides is 3. The molecule has 1 saturated heterocycles. The van der Waals surface area contributed by atoms with Gasteiger partial charge in [-0.25, -0.2) is 9.67 Å². The first-order chi connectivity index (χ1) is 14.3. The zero-order valence-corrected chi connectivity index (χ0v) is 18.3. The monoisotopic (exact) mass is 461 g/mol. The molecule has 2 N–H and O–H groups in total. The molecular formula is C19H26F3N5O3S. The number of hydrogen-bond donors (Lipinski definition) is 2. The highest BCUT2D eigenvalue weighted by atomic mass is 32.2. The van der Waals surface area contributed by atoms with Crippen LogP contribution in [0.1, 0.15) is 39.3 Å². The Kier molecular flexibility index (Phi) is 6.51. The minimum Gasteiger partial charge on any atom is -0.376 e. The van der Waals surface area contributed by atoms with Crippen LogP contribution in [-0.4, -0.2) is 41.8 Å². The summed E-state index contributed by atoms with van der Waals surface area (Å²) in [6.07, 6.45) is 3.87. The van der Waals surface area contributed by atoms with Gasteiger partial charge in [-0.2, -0.15) is 26.7 Å². The smallest absolute Gasteiger partial charge is 0.376 e. The van der Waals surface area contributed by atoms with E-state index in [2.05, 4.69) is 24.9 Å². The summed E-state index contributed by atoms with van der Waals surface area (Å²) < 4.78 is 67.6. The topological polar surface area (TPSA) is 98.1 Å². The fourth-order valence-electron chi connectivity index (χ4n) is 3.40. The number of hydrogen-bond acceptors (Lipinski definition) is 7. The summed E-state index contributed by atoms with van der Waals surface area (Å²) in [4.78, 5) is 4.49. The van der Waals surface area contributed by atoms with Crippen molar-refractivity contribution < 1.29 is 25.8 Å². The Labute approximate surface area is 179 Å². The van der Waals surface area contributed by atoms with Gasteiger partial charge in [0.2, 0.25) is 0 Å². The molecule has 1 aliphatic heterocycles. The second-order valence-corrected chi connectivity index (χ2v) is 10.0. The third-order valence-corrected chi connectivity index (χ3v) is 5.81. The van der Waals surface area contributed by atoms with Crippen molar-refractivity contribution in [3.8, 4) is 5.75 Å². The lowest BCUT2D eigenvalue weighted by Gasteiger charge is -2.24. The molecule has 0 aliphatic carbocycles. The molecule has 3 rings (SSSR count). The van der Waals surface area contributed by atoms with E-state index in [-0.39, 0.29) is 17.3 Å². The van der Waals surface area contributed by atoms with Crippen molar-refractivity contribution >= 4 is 21.8 Å². The van der Waals surface area contributed by atoms with Crippen molar-refractivity contribution in [1.82, 2.24) is 20.1 Å². The predicted molar refractivity (Wildman–Crippen MR) is 110 cm³/mol. The van der Waals surface area contributed by atoms with Gasteiger partial charge in [-0.05, 0) is 59.0 Å². The molecule has 0 spiro atoms. The SMILES string of the molecule is CC(C)(C)n1nccc1Nc1cc(OS(=O)(=O)C(F)(F)F)cc(CC2CCNCC2)n1. The van der Waals surface area contributed by atoms with Crippen LogP contribution in [0.3, 0.4) is 0 Å². The van der Waals surface area contributed by atoms with E-state index in [1.807, 2.05) is 20.8 Å². The Morgan fingerprint density at radius 1 is 1.23 bits per heavy atom. The second kappa shape index (κ2) is 8.65. The molecule has 0 atom stereocenters. The molecule has 2 aromatic heterocycles. The lowest BCUT2D eigenvalue weighted by atomic mass is 9.93. The largest absolute Gasteiger partial charge is 0.534 e. The van der Waals surface area contributed by atoms with Crippen molar-refractivity contribution in [3.63, 3.8) is 0 Å². The highest BCUT2D eigenvalue weighted by Crippen LogP contribution is 2.31. The minimum absolute atomic E-state index is 0.171. The number of rotatable bonds is 6. The van der Waals surface area contributed by atoms with Gasteiger partial charge in [0, 0.05) is 23.9 Å². The van der Waals surface area contributed by atoms with Gasteiger partial charge in [0.1, 0.15) is 17.4 Å². The number of aromatic nitrogens is 3. The van der Waals surface area contributed by atoms with Gasteiger partial charge >= 0.3 is 15.6 Å². The predicted octanol–water partition coefficient (Wildman–Crippen LogP) is 3.55. The zero-order valence-electron chi connectivity index (χ0n) is 17.5. The van der Waals surface area contributed by atoms with Gasteiger partial charge in [0.05, 0.1) is 11.7 Å². The van der Waals surface area contributed by atoms with Crippen LogP contribution in [0.5, 0.6) is 5.75 Å². The van der Waals surface area contributed by atoms with E-state index in [0.29, 0.717) is 17.9 Å². The maximum Gasteiger partial charge on any atom is 0.534 e. The minimum atomic E-state index is -5.79. The Balaban J connectivity index is 1.94. The maximum absolute atomic E-state index is 12.8. The van der Waals surface area contributed by atoms with Gasteiger partial charge in [-0.3, -0.25) is 0 Å². The van der Waals surface area contributed by atoms with Crippen LogP contribution in [0.4, 0.5) is 24.8 Å². The normalized spacial score (nSPS) is 16.3. The zero-order chi connectivity index (χ0) is 22.9. The molecule has 0 saturated carbocycles. The molecule has 31 heavy (non-hydrogen) atoms. The van der Waals surface area contributed by atoms with E-state index < -0.39 is 21.4 Å². The summed E-state index contributed by atoms with van der Waals surface area (Å²) in [5.41, 5.74) is -5.44. The highest BCUT2D eigenvalue weighted by molar-refractivity contribution is 7.88. The van der Waals surface area contributed by atoms with Gasteiger partial charge in [-0.15, -0.1) is 0 Å². The first-order valence-electron chi connectivity index (χ1n) is 9.89. The molecular weight excluding hydrogens is 435 g/mol. The van der Waals surface area contributed by atoms with Crippen LogP contribution >= 0.6 is 0 Å². The molecule has 3 heterocycles. The number of nitrogens with one attached hydrogen (secondary N) is 2. The van der Waals surface area contributed by atoms with E-state index >= 15 is 0 Å². The van der Waals surface area contributed by atoms with Crippen molar-refractivity contribution in [2.45, 2.75) is 51.1 Å². The molecule has 0 amide bonds. The van der Waals surface area contributed by atoms with Crippen LogP contribution in [0.2, 0.25) is 0 Å². The second-order valence-electron chi connectivity index (χ2n) is 8.48. The first kappa shape index (κ1) is 23.3. The Bertz CT molecular complexity index is 1010. The maximum atomic E-state index is 12.8. The van der Waals surface area contributed by atoms with E-state index in [1.54, 1.807) is 16.9 Å². The van der Waals surface area contributed by atoms with E-state index in [4.69, 9.17) is 0 Å². The molecule has 1 fully saturated rings. The molecule has 0 aromatic carbocycles. The van der Waals surface area contributed by atoms with Gasteiger partial charge in [0.25, 0.3) is 0 Å². The first-order valence-corrected chi connectivity index (χ1v) is 11.3. The summed E-state index contributed by atoms with van der Waals surface area (Å²) in [7, 11) is -5.79. The van der Waals surface area contributed by atoms with Crippen LogP contribution in [0.15, 0.2) is 24.4 Å². The van der Waals surface area contributed by atoms with Crippen molar-refractivity contribution in [1.29, 1.82) is 0 Å². The highest BCUT2D eigenvalue weighted by Gasteiger charge is 2.48. The Morgan fingerprint density at radius 3 is 2.52 bits per heavy atom. The fraction of sp³-hybridized carbons (Fsp3) is 0.579. The van der Waals surface area contributed by atoms with Crippen LogP contribution in [0, 0.1) is 5.92 Å². The molecule has 12 heteroatoms. The third-order valence-electron chi connectivity index (χ3n) is 4.83. The Hall–Kier alpha value is -2.34. The van der Waals surface area contributed by atoms with Crippen molar-refractivity contribution in [3.05, 3.63) is 30.1 Å². The summed E-state index contributed by atoms with van der Waals surface area (Å²) in [5, 5.41) is 10.5. The standard InChI is InChI=1S/C19H26F3N5O3S/c1-18(2,3)27-17(6-9-24-27)26-16-12-15(30-31(28,29)19(20,21)22)11-14(25-16)10-13-4-7-23-8-5-13/h6,9,11-13,23H,4-5,7-8,10H2,1-3H3,(H,25,26). The quantitative estimate of drug-likeness (QED) is 0.502. The number of anilines is 2. The van der Waals surface area contributed by atoms with Crippen LogP contribution in [-0.2, 0) is 22.1 Å². The lowest BCUT2D eigenvalue weighted by molar-refractivity contribution is -0.0500. The number of piperidine rings is 1. The molecule has 8 nitrogen and oxygen atoms in total. The molecule has 172 valence electrons. The van der Waals surface area contributed by atoms with Crippen LogP contribution < -0.4 is 14.8 Å². The fourth-order valence-corrected chi connectivity index (χ4v) is 3.84. The molecule has 1 aliphatic rings. The average molecular weight is 462 g/mol. The molecule has 0 radical (unpaired) electrons. The van der Waals surface area contributed by atoms with Crippen molar-refractivity contribution in [2.75, 3.05) is 18.4 Å². The number of nitrogens with zero attached hydrogens (tertiary/aromatic N) is 3. The summed E-state index contributed by atoms with van der Waals surface area (Å²) in [6.45, 7) is 7.52. The van der Waals surface area contributed by atoms with E-state index in [9.17, 15) is 21.6 Å². The number of pyridine rings is 1. The van der Waals surface area contributed by atoms with Gasteiger partial charge in [0.15, 0.2) is 0 Å². The van der Waals surface area contributed by atoms with Gasteiger partial charge < -0.3 is 14.8 Å². The summed E-state index contributed by atoms with van der Waals surface area (Å²) in [6, 6.07) is 4.08. The summed E-state index contributed by atoms with van der Waals surface area (Å²) >= 11 is 0. The lowest BCUT2D eigenvalue weighted by Crippen LogP contribution is -2.29. The molecule has 0 unspecified atom stereocenters. The third kappa shape index (κ3) is 5.88. The Morgan fingerprint density at radius 2 is 1.90 bits per heavy atom. The molecule has 2 aromatic rings. The van der Waals surface area contributed by atoms with E-state index in [1.165, 1.54) is 6.07 Å².